The molecule has 0 spiro atoms. The smallest absolute Gasteiger partial charge is 0.120 e. The van der Waals surface area contributed by atoms with Gasteiger partial charge in [-0.1, -0.05) is 35.4 Å². The van der Waals surface area contributed by atoms with Crippen molar-refractivity contribution >= 4 is 22.2 Å². The molecule has 4 atom stereocenters. The Morgan fingerprint density at radius 2 is 2.28 bits per heavy atom. The zero-order chi connectivity index (χ0) is 13.2. The summed E-state index contributed by atoms with van der Waals surface area (Å²) in [4.78, 5) is 12.8. The van der Waals surface area contributed by atoms with Gasteiger partial charge in [-0.2, -0.15) is 0 Å². The number of carbonyl (C=O) groups is 1. The summed E-state index contributed by atoms with van der Waals surface area (Å²) in [7, 11) is 0. The van der Waals surface area contributed by atoms with E-state index in [0.717, 1.165) is 31.0 Å². The number of aldehydes is 1. The van der Waals surface area contributed by atoms with Crippen molar-refractivity contribution in [3.8, 4) is 0 Å². The topological polar surface area (TPSA) is 17.1 Å². The minimum Gasteiger partial charge on any atom is -0.303 e. The third-order valence-corrected chi connectivity index (χ3v) is 6.19. The zero-order valence-corrected chi connectivity index (χ0v) is 13.2. The second-order valence-electron chi connectivity index (χ2n) is 6.50. The first-order valence-electron chi connectivity index (χ1n) is 7.36. The lowest BCUT2D eigenvalue weighted by molar-refractivity contribution is -0.108. The summed E-state index contributed by atoms with van der Waals surface area (Å²) in [5.41, 5.74) is 2.12. The van der Waals surface area contributed by atoms with Gasteiger partial charge in [0.05, 0.1) is 0 Å². The fraction of sp³-hybridized carbons (Fsp3) is 0.812. The third kappa shape index (κ3) is 2.45. The summed E-state index contributed by atoms with van der Waals surface area (Å²) < 4.78 is 0. The molecule has 2 rings (SSSR count). The summed E-state index contributed by atoms with van der Waals surface area (Å²) in [6, 6.07) is 0. The van der Waals surface area contributed by atoms with Crippen molar-refractivity contribution in [3.05, 3.63) is 10.6 Å². The van der Waals surface area contributed by atoms with Gasteiger partial charge in [-0.15, -0.1) is 0 Å². The monoisotopic (exact) mass is 312 g/mol. The van der Waals surface area contributed by atoms with Crippen molar-refractivity contribution in [2.75, 3.05) is 0 Å². The number of hydrogen-bond donors (Lipinski definition) is 0. The Balaban J connectivity index is 2.13. The molecule has 0 aromatic carbocycles. The first-order chi connectivity index (χ1) is 8.63. The van der Waals surface area contributed by atoms with Gasteiger partial charge in [0.2, 0.25) is 0 Å². The van der Waals surface area contributed by atoms with Crippen molar-refractivity contribution < 1.29 is 4.79 Å². The summed E-state index contributed by atoms with van der Waals surface area (Å²) >= 11 is 3.56. The largest absolute Gasteiger partial charge is 0.303 e. The van der Waals surface area contributed by atoms with E-state index in [4.69, 9.17) is 0 Å². The highest BCUT2D eigenvalue weighted by molar-refractivity contribution is 9.11. The molecule has 2 aliphatic rings. The molecule has 2 aliphatic carbocycles. The molecular formula is C16H25BrO. The molecule has 2 heteroatoms. The number of rotatable bonds is 4. The lowest BCUT2D eigenvalue weighted by Crippen LogP contribution is -2.35. The molecule has 0 bridgehead atoms. The van der Waals surface area contributed by atoms with Crippen LogP contribution in [0.5, 0.6) is 0 Å². The van der Waals surface area contributed by atoms with Crippen LogP contribution < -0.4 is 0 Å². The first kappa shape index (κ1) is 14.3. The van der Waals surface area contributed by atoms with E-state index in [1.54, 1.807) is 5.57 Å². The molecule has 0 aromatic heterocycles. The zero-order valence-electron chi connectivity index (χ0n) is 11.6. The van der Waals surface area contributed by atoms with E-state index in [1.165, 1.54) is 32.1 Å². The second kappa shape index (κ2) is 5.90. The van der Waals surface area contributed by atoms with Crippen LogP contribution >= 0.6 is 15.9 Å². The molecule has 4 unspecified atom stereocenters. The van der Waals surface area contributed by atoms with Gasteiger partial charge in [0.15, 0.2) is 0 Å². The molecule has 1 nitrogen and oxygen atoms in total. The number of fused-ring (bicyclic) bond motifs is 1. The van der Waals surface area contributed by atoms with Gasteiger partial charge >= 0.3 is 0 Å². The molecule has 0 aliphatic heterocycles. The Morgan fingerprint density at radius 1 is 1.50 bits per heavy atom. The van der Waals surface area contributed by atoms with E-state index >= 15 is 0 Å². The van der Waals surface area contributed by atoms with Gasteiger partial charge in [0.25, 0.3) is 0 Å². The summed E-state index contributed by atoms with van der Waals surface area (Å²) in [5.74, 6) is 2.29. The predicted molar refractivity (Wildman–Crippen MR) is 79.6 cm³/mol. The maximum Gasteiger partial charge on any atom is 0.120 e. The van der Waals surface area contributed by atoms with E-state index in [-0.39, 0.29) is 0 Å². The fourth-order valence-corrected chi connectivity index (χ4v) is 5.23. The van der Waals surface area contributed by atoms with E-state index in [9.17, 15) is 4.79 Å². The number of allylic oxidation sites excluding steroid dienone is 1. The lowest BCUT2D eigenvalue weighted by Gasteiger charge is -2.44. The number of halogens is 1. The maximum atomic E-state index is 10.6. The number of hydrogen-bond acceptors (Lipinski definition) is 1. The molecule has 102 valence electrons. The van der Waals surface area contributed by atoms with Crippen LogP contribution in [-0.2, 0) is 4.79 Å². The molecular weight excluding hydrogens is 288 g/mol. The van der Waals surface area contributed by atoms with Crippen LogP contribution in [0.4, 0.5) is 0 Å². The minimum absolute atomic E-state index is 0.486. The summed E-state index contributed by atoms with van der Waals surface area (Å²) in [6.07, 6.45) is 9.58. The standard InChI is InChI=1S/C16H25BrO/c1-12(5-4-10-18)14-7-8-15-13(11-17)6-3-9-16(14,15)2/h10-12,14-15H,3-9H2,1-2H3/b13-11+. The summed E-state index contributed by atoms with van der Waals surface area (Å²) in [5, 5.41) is 0. The molecule has 0 aromatic rings. The van der Waals surface area contributed by atoms with Crippen molar-refractivity contribution in [1.29, 1.82) is 0 Å². The van der Waals surface area contributed by atoms with Gasteiger partial charge in [-0.25, -0.2) is 0 Å². The normalized spacial score (nSPS) is 39.6. The van der Waals surface area contributed by atoms with Crippen molar-refractivity contribution in [2.24, 2.45) is 23.2 Å². The van der Waals surface area contributed by atoms with Crippen LogP contribution in [0.2, 0.25) is 0 Å². The van der Waals surface area contributed by atoms with E-state index < -0.39 is 0 Å². The quantitative estimate of drug-likeness (QED) is 0.660. The molecule has 2 fully saturated rings. The van der Waals surface area contributed by atoms with Crippen LogP contribution in [0.1, 0.15) is 58.8 Å². The Morgan fingerprint density at radius 3 is 2.94 bits per heavy atom. The molecule has 0 saturated heterocycles. The average molecular weight is 313 g/mol. The Kier molecular flexibility index (Phi) is 4.69. The molecule has 2 saturated carbocycles. The summed E-state index contributed by atoms with van der Waals surface area (Å²) in [6.45, 7) is 4.86. The molecule has 0 N–H and O–H groups in total. The minimum atomic E-state index is 0.486. The molecule has 18 heavy (non-hydrogen) atoms. The Bertz CT molecular complexity index is 336. The molecule has 0 heterocycles. The first-order valence-corrected chi connectivity index (χ1v) is 8.28. The van der Waals surface area contributed by atoms with Crippen LogP contribution in [-0.4, -0.2) is 6.29 Å². The van der Waals surface area contributed by atoms with Gasteiger partial charge in [-0.05, 0) is 66.7 Å². The molecule has 0 radical (unpaired) electrons. The highest BCUT2D eigenvalue weighted by Gasteiger charge is 2.50. The van der Waals surface area contributed by atoms with E-state index in [0.29, 0.717) is 11.3 Å². The maximum absolute atomic E-state index is 10.6. The Labute approximate surface area is 120 Å². The van der Waals surface area contributed by atoms with Gasteiger partial charge in [-0.3, -0.25) is 0 Å². The number of carbonyl (C=O) groups excluding carboxylic acids is 1. The van der Waals surface area contributed by atoms with Crippen molar-refractivity contribution in [3.63, 3.8) is 0 Å². The van der Waals surface area contributed by atoms with Gasteiger partial charge in [0, 0.05) is 6.42 Å². The third-order valence-electron chi connectivity index (χ3n) is 5.60. The SMILES string of the molecule is CC(CCC=O)C1CCC2/C(=C/Br)CCCC21C. The van der Waals surface area contributed by atoms with Crippen molar-refractivity contribution in [2.45, 2.75) is 58.8 Å². The van der Waals surface area contributed by atoms with Crippen LogP contribution in [0.25, 0.3) is 0 Å². The van der Waals surface area contributed by atoms with Gasteiger partial charge < -0.3 is 4.79 Å². The highest BCUT2D eigenvalue weighted by Crippen LogP contribution is 2.59. The van der Waals surface area contributed by atoms with E-state index in [1.807, 2.05) is 0 Å². The second-order valence-corrected chi connectivity index (χ2v) is 6.96. The van der Waals surface area contributed by atoms with Gasteiger partial charge in [0.1, 0.15) is 6.29 Å². The Hall–Kier alpha value is -0.110. The van der Waals surface area contributed by atoms with E-state index in [2.05, 4.69) is 34.8 Å². The highest BCUT2D eigenvalue weighted by atomic mass is 79.9. The van der Waals surface area contributed by atoms with Crippen LogP contribution in [0, 0.1) is 23.2 Å². The predicted octanol–water partition coefficient (Wildman–Crippen LogP) is 5.10. The fourth-order valence-electron chi connectivity index (χ4n) is 4.68. The lowest BCUT2D eigenvalue weighted by atomic mass is 9.61. The van der Waals surface area contributed by atoms with Crippen LogP contribution in [0.3, 0.4) is 0 Å². The van der Waals surface area contributed by atoms with Crippen LogP contribution in [0.15, 0.2) is 10.6 Å². The average Bonchev–Trinajstić information content (AvgIpc) is 2.72. The molecule has 0 amide bonds. The van der Waals surface area contributed by atoms with Crippen molar-refractivity contribution in [1.82, 2.24) is 0 Å².